The minimum absolute atomic E-state index is 0.114. The van der Waals surface area contributed by atoms with Crippen molar-refractivity contribution in [2.45, 2.75) is 52.2 Å². The van der Waals surface area contributed by atoms with Gasteiger partial charge >= 0.3 is 0 Å². The maximum Gasteiger partial charge on any atom is 0.124 e. The molecule has 0 aromatic heterocycles. The number of nitrogens with zero attached hydrogens (tertiary/aromatic N) is 1. The number of hydrogen-bond acceptors (Lipinski definition) is 2. The van der Waals surface area contributed by atoms with Crippen LogP contribution in [0.4, 0.5) is 4.39 Å². The van der Waals surface area contributed by atoms with Gasteiger partial charge in [0, 0.05) is 36.2 Å². The first kappa shape index (κ1) is 16.7. The lowest BCUT2D eigenvalue weighted by molar-refractivity contribution is 0.0317. The molecule has 1 N–H and O–H groups in total. The van der Waals surface area contributed by atoms with Gasteiger partial charge in [-0.25, -0.2) is 4.39 Å². The monoisotopic (exact) mass is 312 g/mol. The standard InChI is InChI=1S/C17H26ClFN2/c1-5-17(4)11-20-16(12(2)3)10-21(17)9-13-6-7-14(19)8-15(13)18/h6-8,12,16,20H,5,9-11H2,1-4H3. The van der Waals surface area contributed by atoms with Crippen LogP contribution in [0.25, 0.3) is 0 Å². The molecule has 0 saturated carbocycles. The van der Waals surface area contributed by atoms with Crippen LogP contribution < -0.4 is 5.32 Å². The summed E-state index contributed by atoms with van der Waals surface area (Å²) in [5, 5.41) is 4.19. The Bertz CT molecular complexity index is 492. The largest absolute Gasteiger partial charge is 0.311 e. The zero-order valence-electron chi connectivity index (χ0n) is 13.4. The number of rotatable bonds is 4. The molecule has 1 heterocycles. The first-order valence-electron chi connectivity index (χ1n) is 7.78. The summed E-state index contributed by atoms with van der Waals surface area (Å²) in [4.78, 5) is 2.49. The summed E-state index contributed by atoms with van der Waals surface area (Å²) in [6, 6.07) is 5.19. The Balaban J connectivity index is 2.20. The fraction of sp³-hybridized carbons (Fsp3) is 0.647. The summed E-state index contributed by atoms with van der Waals surface area (Å²) in [6.45, 7) is 11.7. The average Bonchev–Trinajstić information content (AvgIpc) is 2.43. The maximum atomic E-state index is 13.2. The quantitative estimate of drug-likeness (QED) is 0.901. The molecule has 0 bridgehead atoms. The van der Waals surface area contributed by atoms with E-state index >= 15 is 0 Å². The number of halogens is 2. The van der Waals surface area contributed by atoms with Gasteiger partial charge < -0.3 is 5.32 Å². The molecule has 1 aromatic rings. The number of piperazine rings is 1. The molecule has 0 aliphatic carbocycles. The second-order valence-electron chi connectivity index (χ2n) is 6.70. The van der Waals surface area contributed by atoms with Gasteiger partial charge in [0.25, 0.3) is 0 Å². The van der Waals surface area contributed by atoms with E-state index in [9.17, 15) is 4.39 Å². The lowest BCUT2D eigenvalue weighted by Gasteiger charge is -2.49. The average molecular weight is 313 g/mol. The van der Waals surface area contributed by atoms with Gasteiger partial charge in [0.05, 0.1) is 0 Å². The normalized spacial score (nSPS) is 27.3. The van der Waals surface area contributed by atoms with Gasteiger partial charge in [-0.15, -0.1) is 0 Å². The molecule has 0 radical (unpaired) electrons. The van der Waals surface area contributed by atoms with E-state index in [0.29, 0.717) is 17.0 Å². The topological polar surface area (TPSA) is 15.3 Å². The van der Waals surface area contributed by atoms with Crippen molar-refractivity contribution < 1.29 is 4.39 Å². The summed E-state index contributed by atoms with van der Waals surface area (Å²) in [7, 11) is 0. The van der Waals surface area contributed by atoms with Crippen LogP contribution in [-0.4, -0.2) is 29.6 Å². The lowest BCUT2D eigenvalue weighted by atomic mass is 9.89. The van der Waals surface area contributed by atoms with E-state index in [-0.39, 0.29) is 11.4 Å². The minimum Gasteiger partial charge on any atom is -0.311 e. The molecular formula is C17H26ClFN2. The second-order valence-corrected chi connectivity index (χ2v) is 7.11. The summed E-state index contributed by atoms with van der Waals surface area (Å²) >= 11 is 6.20. The predicted molar refractivity (Wildman–Crippen MR) is 87.1 cm³/mol. The van der Waals surface area contributed by atoms with Crippen LogP contribution in [-0.2, 0) is 6.54 Å². The van der Waals surface area contributed by atoms with Crippen LogP contribution in [0.5, 0.6) is 0 Å². The molecule has 2 rings (SSSR count). The summed E-state index contributed by atoms with van der Waals surface area (Å²) in [6.07, 6.45) is 1.07. The van der Waals surface area contributed by atoms with Crippen molar-refractivity contribution in [3.05, 3.63) is 34.6 Å². The molecule has 1 aliphatic heterocycles. The van der Waals surface area contributed by atoms with Crippen molar-refractivity contribution >= 4 is 11.6 Å². The highest BCUT2D eigenvalue weighted by Crippen LogP contribution is 2.29. The molecule has 21 heavy (non-hydrogen) atoms. The van der Waals surface area contributed by atoms with E-state index < -0.39 is 0 Å². The van der Waals surface area contributed by atoms with Crippen molar-refractivity contribution in [3.8, 4) is 0 Å². The van der Waals surface area contributed by atoms with Gasteiger partial charge in [0.15, 0.2) is 0 Å². The highest BCUT2D eigenvalue weighted by molar-refractivity contribution is 6.31. The third-order valence-electron chi connectivity index (χ3n) is 4.87. The van der Waals surface area contributed by atoms with E-state index in [0.717, 1.165) is 31.6 Å². The molecule has 1 fully saturated rings. The van der Waals surface area contributed by atoms with Crippen molar-refractivity contribution in [2.24, 2.45) is 5.92 Å². The SMILES string of the molecule is CCC1(C)CNC(C(C)C)CN1Cc1ccc(F)cc1Cl. The fourth-order valence-electron chi connectivity index (χ4n) is 2.89. The van der Waals surface area contributed by atoms with Crippen molar-refractivity contribution in [1.29, 1.82) is 0 Å². The smallest absolute Gasteiger partial charge is 0.124 e. The fourth-order valence-corrected chi connectivity index (χ4v) is 3.12. The van der Waals surface area contributed by atoms with Crippen molar-refractivity contribution in [2.75, 3.05) is 13.1 Å². The molecule has 2 atom stereocenters. The Morgan fingerprint density at radius 2 is 2.19 bits per heavy atom. The molecule has 4 heteroatoms. The van der Waals surface area contributed by atoms with Crippen molar-refractivity contribution in [3.63, 3.8) is 0 Å². The Morgan fingerprint density at radius 3 is 2.76 bits per heavy atom. The second kappa shape index (κ2) is 6.64. The molecule has 0 amide bonds. The molecule has 1 aromatic carbocycles. The van der Waals surface area contributed by atoms with Crippen LogP contribution in [0, 0.1) is 11.7 Å². The lowest BCUT2D eigenvalue weighted by Crippen LogP contribution is -2.63. The number of hydrogen-bond donors (Lipinski definition) is 1. The van der Waals surface area contributed by atoms with E-state index in [1.807, 2.05) is 0 Å². The predicted octanol–water partition coefficient (Wildman–Crippen LogP) is 4.08. The van der Waals surface area contributed by atoms with E-state index in [1.165, 1.54) is 12.1 Å². The van der Waals surface area contributed by atoms with Crippen LogP contribution in [0.3, 0.4) is 0 Å². The summed E-state index contributed by atoms with van der Waals surface area (Å²) < 4.78 is 13.2. The van der Waals surface area contributed by atoms with Gasteiger partial charge in [-0.3, -0.25) is 4.90 Å². The Morgan fingerprint density at radius 1 is 1.48 bits per heavy atom. The zero-order chi connectivity index (χ0) is 15.6. The molecular weight excluding hydrogens is 287 g/mol. The van der Waals surface area contributed by atoms with Crippen LogP contribution in [0.2, 0.25) is 5.02 Å². The maximum absolute atomic E-state index is 13.2. The number of nitrogens with one attached hydrogen (secondary N) is 1. The molecule has 2 nitrogen and oxygen atoms in total. The third kappa shape index (κ3) is 3.77. The molecule has 0 spiro atoms. The number of benzene rings is 1. The summed E-state index contributed by atoms with van der Waals surface area (Å²) in [5.41, 5.74) is 1.12. The zero-order valence-corrected chi connectivity index (χ0v) is 14.2. The van der Waals surface area contributed by atoms with Gasteiger partial charge in [-0.05, 0) is 37.0 Å². The van der Waals surface area contributed by atoms with Gasteiger partial charge in [-0.2, -0.15) is 0 Å². The Labute approximate surface area is 132 Å². The highest BCUT2D eigenvalue weighted by atomic mass is 35.5. The molecule has 1 aliphatic rings. The van der Waals surface area contributed by atoms with Gasteiger partial charge in [-0.1, -0.05) is 38.4 Å². The van der Waals surface area contributed by atoms with E-state index in [1.54, 1.807) is 6.07 Å². The minimum atomic E-state index is -0.276. The van der Waals surface area contributed by atoms with Crippen LogP contribution in [0.15, 0.2) is 18.2 Å². The third-order valence-corrected chi connectivity index (χ3v) is 5.22. The van der Waals surface area contributed by atoms with Crippen molar-refractivity contribution in [1.82, 2.24) is 10.2 Å². The highest BCUT2D eigenvalue weighted by Gasteiger charge is 2.37. The Kier molecular flexibility index (Phi) is 5.29. The van der Waals surface area contributed by atoms with Crippen LogP contribution >= 0.6 is 11.6 Å². The molecule has 118 valence electrons. The Hall–Kier alpha value is -0.640. The van der Waals surface area contributed by atoms with E-state index in [2.05, 4.69) is 37.9 Å². The van der Waals surface area contributed by atoms with Crippen LogP contribution in [0.1, 0.15) is 39.7 Å². The molecule has 1 saturated heterocycles. The van der Waals surface area contributed by atoms with E-state index in [4.69, 9.17) is 11.6 Å². The van der Waals surface area contributed by atoms with Gasteiger partial charge in [0.1, 0.15) is 5.82 Å². The summed E-state index contributed by atoms with van der Waals surface area (Å²) in [5.74, 6) is 0.319. The first-order chi connectivity index (χ1) is 9.85. The van der Waals surface area contributed by atoms with Gasteiger partial charge in [0.2, 0.25) is 0 Å². The molecule has 2 unspecified atom stereocenters. The first-order valence-corrected chi connectivity index (χ1v) is 8.16.